The Labute approximate surface area is 139 Å². The summed E-state index contributed by atoms with van der Waals surface area (Å²) in [6, 6.07) is 10.1. The van der Waals surface area contributed by atoms with Crippen molar-refractivity contribution in [3.63, 3.8) is 0 Å². The van der Waals surface area contributed by atoms with Crippen LogP contribution in [0.2, 0.25) is 0 Å². The van der Waals surface area contributed by atoms with E-state index < -0.39 is 0 Å². The predicted molar refractivity (Wildman–Crippen MR) is 90.9 cm³/mol. The predicted octanol–water partition coefficient (Wildman–Crippen LogP) is 2.31. The first-order chi connectivity index (χ1) is 11.0. The topological polar surface area (TPSA) is 49.9 Å². The summed E-state index contributed by atoms with van der Waals surface area (Å²) < 4.78 is 5.00. The molecule has 5 heteroatoms. The monoisotopic (exact) mass is 320 g/mol. The zero-order chi connectivity index (χ0) is 17.2. The Kier molecular flexibility index (Phi) is 8.33. The largest absolute Gasteiger partial charge is 0.383 e. The third-order valence-electron chi connectivity index (χ3n) is 3.75. The second-order valence-corrected chi connectivity index (χ2v) is 5.85. The van der Waals surface area contributed by atoms with E-state index in [2.05, 4.69) is 0 Å². The highest BCUT2D eigenvalue weighted by Gasteiger charge is 2.19. The maximum absolute atomic E-state index is 12.5. The fourth-order valence-electron chi connectivity index (χ4n) is 2.34. The molecule has 0 N–H and O–H groups in total. The molecule has 0 radical (unpaired) electrons. The Morgan fingerprint density at radius 2 is 1.78 bits per heavy atom. The van der Waals surface area contributed by atoms with Crippen LogP contribution in [0.1, 0.15) is 32.8 Å². The van der Waals surface area contributed by atoms with E-state index in [1.54, 1.807) is 12.0 Å². The molecule has 23 heavy (non-hydrogen) atoms. The number of carbonyl (C=O) groups is 2. The summed E-state index contributed by atoms with van der Waals surface area (Å²) in [5.74, 6) is 0.0292. The van der Waals surface area contributed by atoms with Crippen LogP contribution in [0.15, 0.2) is 30.3 Å². The van der Waals surface area contributed by atoms with Crippen molar-refractivity contribution >= 4 is 11.8 Å². The number of hydrogen-bond acceptors (Lipinski definition) is 3. The minimum absolute atomic E-state index is 0.0333. The molecule has 5 nitrogen and oxygen atoms in total. The van der Waals surface area contributed by atoms with Gasteiger partial charge in [-0.2, -0.15) is 0 Å². The number of carbonyl (C=O) groups excluding carboxylic acids is 2. The van der Waals surface area contributed by atoms with Crippen molar-refractivity contribution in [2.45, 2.75) is 39.8 Å². The number of nitrogens with zero attached hydrogens (tertiary/aromatic N) is 2. The third-order valence-corrected chi connectivity index (χ3v) is 3.75. The van der Waals surface area contributed by atoms with Gasteiger partial charge in [0.15, 0.2) is 0 Å². The lowest BCUT2D eigenvalue weighted by atomic mass is 10.1. The van der Waals surface area contributed by atoms with Gasteiger partial charge in [-0.1, -0.05) is 30.3 Å². The van der Waals surface area contributed by atoms with Crippen molar-refractivity contribution in [2.75, 3.05) is 26.8 Å². The number of rotatable bonds is 9. The quantitative estimate of drug-likeness (QED) is 0.701. The second-order valence-electron chi connectivity index (χ2n) is 5.85. The maximum atomic E-state index is 12.5. The Bertz CT molecular complexity index is 488. The van der Waals surface area contributed by atoms with Crippen LogP contribution in [0, 0.1) is 0 Å². The van der Waals surface area contributed by atoms with Gasteiger partial charge in [-0.3, -0.25) is 9.59 Å². The Morgan fingerprint density at radius 3 is 2.30 bits per heavy atom. The van der Waals surface area contributed by atoms with Crippen molar-refractivity contribution in [1.82, 2.24) is 9.80 Å². The molecule has 0 fully saturated rings. The number of methoxy groups -OCH3 is 1. The molecule has 0 atom stereocenters. The first-order valence-electron chi connectivity index (χ1n) is 8.03. The lowest BCUT2D eigenvalue weighted by molar-refractivity contribution is -0.135. The molecule has 0 aliphatic heterocycles. The van der Waals surface area contributed by atoms with Crippen LogP contribution >= 0.6 is 0 Å². The third kappa shape index (κ3) is 6.82. The van der Waals surface area contributed by atoms with Gasteiger partial charge in [0.05, 0.1) is 6.61 Å². The van der Waals surface area contributed by atoms with E-state index >= 15 is 0 Å². The molecule has 0 aliphatic rings. The Hall–Kier alpha value is -1.88. The zero-order valence-electron chi connectivity index (χ0n) is 14.6. The minimum atomic E-state index is -0.0333. The van der Waals surface area contributed by atoms with E-state index in [0.29, 0.717) is 32.7 Å². The molecule has 0 heterocycles. The van der Waals surface area contributed by atoms with E-state index in [0.717, 1.165) is 5.56 Å². The Balaban J connectivity index is 2.62. The average Bonchev–Trinajstić information content (AvgIpc) is 2.52. The maximum Gasteiger partial charge on any atom is 0.224 e. The number of benzene rings is 1. The van der Waals surface area contributed by atoms with Gasteiger partial charge in [0.25, 0.3) is 0 Å². The molecule has 1 aromatic rings. The van der Waals surface area contributed by atoms with E-state index in [4.69, 9.17) is 4.74 Å². The van der Waals surface area contributed by atoms with Crippen LogP contribution in [0.5, 0.6) is 0 Å². The smallest absolute Gasteiger partial charge is 0.224 e. The molecule has 0 saturated heterocycles. The van der Waals surface area contributed by atoms with Crippen LogP contribution < -0.4 is 0 Å². The molecule has 0 spiro atoms. The molecule has 2 amide bonds. The second kappa shape index (κ2) is 10.0. The van der Waals surface area contributed by atoms with Crippen molar-refractivity contribution in [3.8, 4) is 0 Å². The summed E-state index contributed by atoms with van der Waals surface area (Å²) >= 11 is 0. The fraction of sp³-hybridized carbons (Fsp3) is 0.556. The van der Waals surface area contributed by atoms with Crippen LogP contribution in [0.25, 0.3) is 0 Å². The van der Waals surface area contributed by atoms with Crippen molar-refractivity contribution < 1.29 is 14.3 Å². The molecule has 0 saturated carbocycles. The molecule has 0 bridgehead atoms. The highest BCUT2D eigenvalue weighted by atomic mass is 16.5. The summed E-state index contributed by atoms with van der Waals surface area (Å²) in [7, 11) is 1.60. The van der Waals surface area contributed by atoms with Gasteiger partial charge < -0.3 is 14.5 Å². The molecular weight excluding hydrogens is 292 g/mol. The summed E-state index contributed by atoms with van der Waals surface area (Å²) in [5, 5.41) is 0. The molecule has 0 unspecified atom stereocenters. The van der Waals surface area contributed by atoms with Crippen LogP contribution in [-0.2, 0) is 20.9 Å². The van der Waals surface area contributed by atoms with Crippen molar-refractivity contribution in [3.05, 3.63) is 35.9 Å². The van der Waals surface area contributed by atoms with Gasteiger partial charge >= 0.3 is 0 Å². The summed E-state index contributed by atoms with van der Waals surface area (Å²) in [6.45, 7) is 7.55. The van der Waals surface area contributed by atoms with Gasteiger partial charge in [0.2, 0.25) is 11.8 Å². The Morgan fingerprint density at radius 1 is 1.13 bits per heavy atom. The highest BCUT2D eigenvalue weighted by molar-refractivity contribution is 5.78. The number of amides is 2. The molecular formula is C18H28N2O3. The van der Waals surface area contributed by atoms with Gasteiger partial charge in [0, 0.05) is 46.1 Å². The number of ether oxygens (including phenoxy) is 1. The summed E-state index contributed by atoms with van der Waals surface area (Å²) in [5.41, 5.74) is 1.11. The SMILES string of the molecule is COCCN(CCC(=O)N(Cc1ccccc1)C(C)C)C(C)=O. The first kappa shape index (κ1) is 19.2. The lowest BCUT2D eigenvalue weighted by Crippen LogP contribution is -2.40. The van der Waals surface area contributed by atoms with Gasteiger partial charge in [-0.05, 0) is 19.4 Å². The van der Waals surface area contributed by atoms with Gasteiger partial charge in [0.1, 0.15) is 0 Å². The molecule has 0 aliphatic carbocycles. The van der Waals surface area contributed by atoms with Gasteiger partial charge in [-0.15, -0.1) is 0 Å². The van der Waals surface area contributed by atoms with Crippen molar-refractivity contribution in [1.29, 1.82) is 0 Å². The van der Waals surface area contributed by atoms with E-state index in [9.17, 15) is 9.59 Å². The normalized spacial score (nSPS) is 10.7. The fourth-order valence-corrected chi connectivity index (χ4v) is 2.34. The van der Waals surface area contributed by atoms with Gasteiger partial charge in [-0.25, -0.2) is 0 Å². The molecule has 128 valence electrons. The minimum Gasteiger partial charge on any atom is -0.383 e. The van der Waals surface area contributed by atoms with Crippen LogP contribution in [0.3, 0.4) is 0 Å². The summed E-state index contributed by atoms with van der Waals surface area (Å²) in [6.07, 6.45) is 0.328. The molecule has 1 rings (SSSR count). The van der Waals surface area contributed by atoms with Crippen LogP contribution in [-0.4, -0.2) is 54.5 Å². The average molecular weight is 320 g/mol. The van der Waals surface area contributed by atoms with E-state index in [1.807, 2.05) is 49.1 Å². The van der Waals surface area contributed by atoms with Crippen LogP contribution in [0.4, 0.5) is 0 Å². The molecule has 1 aromatic carbocycles. The standard InChI is InChI=1S/C18H28N2O3/c1-15(2)20(14-17-8-6-5-7-9-17)18(22)10-11-19(16(3)21)12-13-23-4/h5-9,15H,10-14H2,1-4H3. The van der Waals surface area contributed by atoms with E-state index in [-0.39, 0.29) is 17.9 Å². The van der Waals surface area contributed by atoms with E-state index in [1.165, 1.54) is 6.92 Å². The first-order valence-corrected chi connectivity index (χ1v) is 8.03. The zero-order valence-corrected chi connectivity index (χ0v) is 14.6. The summed E-state index contributed by atoms with van der Waals surface area (Å²) in [4.78, 5) is 27.7. The number of hydrogen-bond donors (Lipinski definition) is 0. The molecule has 0 aromatic heterocycles. The lowest BCUT2D eigenvalue weighted by Gasteiger charge is -2.28. The van der Waals surface area contributed by atoms with Crippen molar-refractivity contribution in [2.24, 2.45) is 0 Å². The highest BCUT2D eigenvalue weighted by Crippen LogP contribution is 2.10.